The summed E-state index contributed by atoms with van der Waals surface area (Å²) in [7, 11) is 0. The summed E-state index contributed by atoms with van der Waals surface area (Å²) in [6.45, 7) is 1.98. The zero-order valence-electron chi connectivity index (χ0n) is 22.0. The van der Waals surface area contributed by atoms with Crippen LogP contribution >= 0.6 is 0 Å². The van der Waals surface area contributed by atoms with Gasteiger partial charge in [-0.2, -0.15) is 13.2 Å². The van der Waals surface area contributed by atoms with Gasteiger partial charge in [0.15, 0.2) is 0 Å². The van der Waals surface area contributed by atoms with Gasteiger partial charge in [-0.1, -0.05) is 55.8 Å². The average Bonchev–Trinajstić information content (AvgIpc) is 3.13. The van der Waals surface area contributed by atoms with Gasteiger partial charge in [0.1, 0.15) is 29.1 Å². The van der Waals surface area contributed by atoms with Crippen molar-refractivity contribution in [1.29, 1.82) is 0 Å². The van der Waals surface area contributed by atoms with E-state index in [4.69, 9.17) is 10.7 Å². The van der Waals surface area contributed by atoms with Gasteiger partial charge in [-0.3, -0.25) is 4.40 Å². The molecule has 4 aliphatic rings. The lowest BCUT2D eigenvalue weighted by Gasteiger charge is -2.39. The summed E-state index contributed by atoms with van der Waals surface area (Å²) in [5.74, 6) is 1.09. The van der Waals surface area contributed by atoms with E-state index in [1.165, 1.54) is 18.4 Å². The molecule has 204 valence electrons. The molecule has 39 heavy (non-hydrogen) atoms. The maximum atomic E-state index is 13.3. The van der Waals surface area contributed by atoms with Gasteiger partial charge in [0.05, 0.1) is 5.57 Å². The number of imidazole rings is 1. The summed E-state index contributed by atoms with van der Waals surface area (Å²) in [6, 6.07) is 7.95. The molecular formula is C31H33F3N4O. The van der Waals surface area contributed by atoms with Crippen LogP contribution in [-0.4, -0.2) is 26.8 Å². The van der Waals surface area contributed by atoms with Crippen LogP contribution < -0.4 is 5.73 Å². The number of aromatic nitrogens is 3. The third-order valence-electron chi connectivity index (χ3n) is 9.62. The first kappa shape index (κ1) is 25.8. The van der Waals surface area contributed by atoms with Crippen LogP contribution in [-0.2, 0) is 10.2 Å². The topological polar surface area (TPSA) is 73.3 Å². The van der Waals surface area contributed by atoms with Gasteiger partial charge < -0.3 is 10.5 Å². The fourth-order valence-electron chi connectivity index (χ4n) is 7.09. The van der Waals surface area contributed by atoms with E-state index in [1.54, 1.807) is 12.3 Å². The number of hydrogen-bond donors (Lipinski definition) is 1. The van der Waals surface area contributed by atoms with Crippen LogP contribution in [0.4, 0.5) is 19.0 Å². The Labute approximate surface area is 226 Å². The minimum Gasteiger partial charge on any atom is -0.382 e. The summed E-state index contributed by atoms with van der Waals surface area (Å²) >= 11 is 0. The molecule has 0 spiro atoms. The molecule has 2 aromatic heterocycles. The third kappa shape index (κ3) is 4.38. The Morgan fingerprint density at radius 3 is 2.54 bits per heavy atom. The Balaban J connectivity index is 1.35. The van der Waals surface area contributed by atoms with Crippen molar-refractivity contribution in [2.24, 2.45) is 11.3 Å². The zero-order valence-corrected chi connectivity index (χ0v) is 22.0. The largest absolute Gasteiger partial charge is 0.416 e. The van der Waals surface area contributed by atoms with E-state index in [-0.39, 0.29) is 22.7 Å². The van der Waals surface area contributed by atoms with E-state index in [0.29, 0.717) is 12.2 Å². The molecule has 0 saturated heterocycles. The molecule has 3 saturated carbocycles. The molecule has 8 heteroatoms. The van der Waals surface area contributed by atoms with Gasteiger partial charge in [0.25, 0.3) is 0 Å². The predicted octanol–water partition coefficient (Wildman–Crippen LogP) is 7.33. The smallest absolute Gasteiger partial charge is 0.382 e. The molecule has 3 aromatic rings. The Kier molecular flexibility index (Phi) is 6.19. The molecule has 2 N–H and O–H groups in total. The Hall–Kier alpha value is -3.42. The summed E-state index contributed by atoms with van der Waals surface area (Å²) in [5, 5.41) is 0. The van der Waals surface area contributed by atoms with Gasteiger partial charge in [0, 0.05) is 28.8 Å². The third-order valence-corrected chi connectivity index (χ3v) is 9.62. The van der Waals surface area contributed by atoms with Crippen LogP contribution in [0, 0.1) is 11.3 Å². The minimum atomic E-state index is -4.34. The van der Waals surface area contributed by atoms with Crippen molar-refractivity contribution >= 4 is 17.6 Å². The minimum absolute atomic E-state index is 0.0763. The van der Waals surface area contributed by atoms with Crippen molar-refractivity contribution in [3.8, 4) is 11.3 Å². The molecule has 2 bridgehead atoms. The second kappa shape index (κ2) is 9.35. The van der Waals surface area contributed by atoms with Crippen molar-refractivity contribution in [3.05, 3.63) is 71.8 Å². The lowest BCUT2D eigenvalue weighted by molar-refractivity contribution is -0.118. The van der Waals surface area contributed by atoms with Gasteiger partial charge >= 0.3 is 6.18 Å². The normalized spacial score (nSPS) is 27.8. The number of carbonyl (C=O) groups excluding carboxylic acids is 1. The number of rotatable bonds is 5. The highest BCUT2D eigenvalue weighted by Gasteiger charge is 2.48. The molecule has 0 radical (unpaired) electrons. The highest BCUT2D eigenvalue weighted by atomic mass is 19.4. The number of hydrogen-bond acceptors (Lipinski definition) is 4. The van der Waals surface area contributed by atoms with Crippen LogP contribution in [0.5, 0.6) is 0 Å². The first-order chi connectivity index (χ1) is 18.6. The Bertz CT molecular complexity index is 1460. The van der Waals surface area contributed by atoms with Crippen molar-refractivity contribution in [3.63, 3.8) is 0 Å². The lowest BCUT2D eigenvalue weighted by atomic mass is 9.65. The quantitative estimate of drug-likeness (QED) is 0.348. The SMILES string of the molecule is C[C@@H](c1ccc(-c2nc(C34CCCC(C=O)(CC3)CC4)n3ccnc(N)c23)cc1)C1C=C(C(F)(F)F)C=CC1. The van der Waals surface area contributed by atoms with Crippen LogP contribution in [0.2, 0.25) is 0 Å². The standard InChI is InChI=1S/C31H33F3N4O/c1-20(23-4-2-5-24(18-23)31(32,33)34)21-6-8-22(9-7-21)25-26-27(35)36-16-17-38(26)28(37-25)30-11-3-10-29(19-39,12-14-30)13-15-30/h2,5-9,16-20,23H,3-4,10-15H2,1H3,(H2,35,36)/t20-,23?,29?,30?/m0/s1. The van der Waals surface area contributed by atoms with E-state index in [9.17, 15) is 18.0 Å². The van der Waals surface area contributed by atoms with E-state index in [1.807, 2.05) is 37.4 Å². The molecule has 2 atom stereocenters. The van der Waals surface area contributed by atoms with Crippen LogP contribution in [0.25, 0.3) is 16.8 Å². The Morgan fingerprint density at radius 2 is 1.85 bits per heavy atom. The van der Waals surface area contributed by atoms with Crippen molar-refractivity contribution < 1.29 is 18.0 Å². The number of benzene rings is 1. The van der Waals surface area contributed by atoms with Crippen molar-refractivity contribution in [2.75, 3.05) is 5.73 Å². The Morgan fingerprint density at radius 1 is 1.10 bits per heavy atom. The summed E-state index contributed by atoms with van der Waals surface area (Å²) in [4.78, 5) is 21.5. The molecule has 0 amide bonds. The van der Waals surface area contributed by atoms with Crippen LogP contribution in [0.1, 0.15) is 75.6 Å². The molecule has 3 fully saturated rings. The monoisotopic (exact) mass is 534 g/mol. The van der Waals surface area contributed by atoms with Crippen molar-refractivity contribution in [2.45, 2.75) is 75.8 Å². The fourth-order valence-corrected chi connectivity index (χ4v) is 7.09. The van der Waals surface area contributed by atoms with Gasteiger partial charge in [-0.05, 0) is 62.3 Å². The number of fused-ring (bicyclic) bond motifs is 5. The molecule has 5 nitrogen and oxygen atoms in total. The molecular weight excluding hydrogens is 501 g/mol. The van der Waals surface area contributed by atoms with E-state index >= 15 is 0 Å². The number of carbonyl (C=O) groups is 1. The first-order valence-electron chi connectivity index (χ1n) is 13.8. The fraction of sp³-hybridized carbons (Fsp3) is 0.452. The predicted molar refractivity (Wildman–Crippen MR) is 145 cm³/mol. The van der Waals surface area contributed by atoms with Crippen LogP contribution in [0.15, 0.2) is 60.5 Å². The molecule has 2 heterocycles. The number of nitrogens with zero attached hydrogens (tertiary/aromatic N) is 3. The maximum Gasteiger partial charge on any atom is 0.416 e. The van der Waals surface area contributed by atoms with Crippen molar-refractivity contribution in [1.82, 2.24) is 14.4 Å². The number of nitrogens with two attached hydrogens (primary N) is 1. The number of halogens is 3. The number of alkyl halides is 3. The number of aldehydes is 1. The van der Waals surface area contributed by atoms with E-state index in [0.717, 1.165) is 73.1 Å². The van der Waals surface area contributed by atoms with E-state index < -0.39 is 11.7 Å². The number of nitrogen functional groups attached to an aromatic ring is 1. The molecule has 1 unspecified atom stereocenters. The summed E-state index contributed by atoms with van der Waals surface area (Å²) in [5.41, 5.74) is 8.95. The maximum absolute atomic E-state index is 13.3. The van der Waals surface area contributed by atoms with Gasteiger partial charge in [0.2, 0.25) is 0 Å². The molecule has 0 aliphatic heterocycles. The van der Waals surface area contributed by atoms with Gasteiger partial charge in [-0.25, -0.2) is 9.97 Å². The van der Waals surface area contributed by atoms with Gasteiger partial charge in [-0.15, -0.1) is 0 Å². The van der Waals surface area contributed by atoms with E-state index in [2.05, 4.69) is 9.38 Å². The highest BCUT2D eigenvalue weighted by molar-refractivity contribution is 5.85. The highest BCUT2D eigenvalue weighted by Crippen LogP contribution is 2.54. The van der Waals surface area contributed by atoms with Crippen LogP contribution in [0.3, 0.4) is 0 Å². The first-order valence-corrected chi connectivity index (χ1v) is 13.8. The average molecular weight is 535 g/mol. The lowest BCUT2D eigenvalue weighted by Crippen LogP contribution is -2.36. The molecule has 4 aliphatic carbocycles. The second-order valence-corrected chi connectivity index (χ2v) is 11.8. The molecule has 1 aromatic carbocycles. The second-order valence-electron chi connectivity index (χ2n) is 11.8. The molecule has 7 rings (SSSR count). The number of anilines is 1. The number of allylic oxidation sites excluding steroid dienone is 4. The zero-order chi connectivity index (χ0) is 27.4. The summed E-state index contributed by atoms with van der Waals surface area (Å²) in [6.07, 6.45) is 11.7. The summed E-state index contributed by atoms with van der Waals surface area (Å²) < 4.78 is 41.9.